The summed E-state index contributed by atoms with van der Waals surface area (Å²) in [5, 5.41) is 0. The standard InChI is InChI=1S/C15H27NO2/c1-16(13-6-4-3-5-7-13)14-10-8-12(9-11-14)15(17)18-2/h12-14H,3-11H2,1-2H3. The van der Waals surface area contributed by atoms with Crippen LogP contribution in [-0.4, -0.2) is 37.1 Å². The molecule has 2 aliphatic rings. The minimum atomic E-state index is -0.00577. The largest absolute Gasteiger partial charge is 0.469 e. The first kappa shape index (κ1) is 13.9. The second-order valence-electron chi connectivity index (χ2n) is 5.99. The molecule has 0 aromatic rings. The van der Waals surface area contributed by atoms with Gasteiger partial charge in [-0.05, 0) is 45.6 Å². The Kier molecular flexibility index (Phi) is 5.04. The average molecular weight is 253 g/mol. The van der Waals surface area contributed by atoms with Gasteiger partial charge in [0.15, 0.2) is 0 Å². The molecule has 3 nitrogen and oxygen atoms in total. The second kappa shape index (κ2) is 6.55. The second-order valence-corrected chi connectivity index (χ2v) is 5.99. The monoisotopic (exact) mass is 253 g/mol. The third-order valence-electron chi connectivity index (χ3n) is 4.96. The van der Waals surface area contributed by atoms with Gasteiger partial charge in [0.25, 0.3) is 0 Å². The lowest BCUT2D eigenvalue weighted by Gasteiger charge is -2.40. The van der Waals surface area contributed by atoms with E-state index in [4.69, 9.17) is 4.74 Å². The Labute approximate surface area is 111 Å². The summed E-state index contributed by atoms with van der Waals surface area (Å²) in [6.45, 7) is 0. The summed E-state index contributed by atoms with van der Waals surface area (Å²) in [7, 11) is 3.79. The highest BCUT2D eigenvalue weighted by Crippen LogP contribution is 2.31. The number of rotatable bonds is 3. The van der Waals surface area contributed by atoms with E-state index in [0.717, 1.165) is 31.7 Å². The molecule has 0 heterocycles. The van der Waals surface area contributed by atoms with Crippen LogP contribution >= 0.6 is 0 Å². The van der Waals surface area contributed by atoms with Gasteiger partial charge < -0.3 is 9.64 Å². The number of nitrogens with zero attached hydrogens (tertiary/aromatic N) is 1. The van der Waals surface area contributed by atoms with Gasteiger partial charge in [0.05, 0.1) is 13.0 Å². The fourth-order valence-electron chi connectivity index (χ4n) is 3.67. The third-order valence-corrected chi connectivity index (χ3v) is 4.96. The van der Waals surface area contributed by atoms with Gasteiger partial charge in [-0.1, -0.05) is 19.3 Å². The molecule has 2 fully saturated rings. The van der Waals surface area contributed by atoms with Gasteiger partial charge in [-0.15, -0.1) is 0 Å². The molecule has 0 aliphatic heterocycles. The molecule has 0 N–H and O–H groups in total. The van der Waals surface area contributed by atoms with Crippen molar-refractivity contribution >= 4 is 5.97 Å². The highest BCUT2D eigenvalue weighted by molar-refractivity contribution is 5.72. The van der Waals surface area contributed by atoms with E-state index in [-0.39, 0.29) is 11.9 Å². The number of esters is 1. The number of methoxy groups -OCH3 is 1. The first-order valence-electron chi connectivity index (χ1n) is 7.52. The molecule has 0 unspecified atom stereocenters. The highest BCUT2D eigenvalue weighted by Gasteiger charge is 2.31. The van der Waals surface area contributed by atoms with Crippen LogP contribution in [-0.2, 0) is 9.53 Å². The molecule has 0 bridgehead atoms. The molecule has 0 spiro atoms. The van der Waals surface area contributed by atoms with Crippen molar-refractivity contribution in [3.05, 3.63) is 0 Å². The van der Waals surface area contributed by atoms with Crippen LogP contribution < -0.4 is 0 Å². The zero-order chi connectivity index (χ0) is 13.0. The van der Waals surface area contributed by atoms with E-state index in [1.807, 2.05) is 0 Å². The van der Waals surface area contributed by atoms with Gasteiger partial charge in [0, 0.05) is 12.1 Å². The number of hydrogen-bond acceptors (Lipinski definition) is 3. The molecule has 2 aliphatic carbocycles. The molecule has 2 saturated carbocycles. The van der Waals surface area contributed by atoms with Gasteiger partial charge in [0.2, 0.25) is 0 Å². The molecular formula is C15H27NO2. The summed E-state index contributed by atoms with van der Waals surface area (Å²) in [5.41, 5.74) is 0. The molecule has 0 atom stereocenters. The minimum Gasteiger partial charge on any atom is -0.469 e. The Bertz CT molecular complexity index is 266. The Hall–Kier alpha value is -0.570. The molecule has 0 amide bonds. The maximum atomic E-state index is 11.5. The smallest absolute Gasteiger partial charge is 0.308 e. The van der Waals surface area contributed by atoms with Crippen LogP contribution in [0.1, 0.15) is 57.8 Å². The predicted octanol–water partition coefficient (Wildman–Crippen LogP) is 2.98. The Morgan fingerprint density at radius 3 is 2.06 bits per heavy atom. The Morgan fingerprint density at radius 1 is 0.944 bits per heavy atom. The zero-order valence-electron chi connectivity index (χ0n) is 11.9. The van der Waals surface area contributed by atoms with Crippen molar-refractivity contribution in [1.29, 1.82) is 0 Å². The van der Waals surface area contributed by atoms with Gasteiger partial charge in [0.1, 0.15) is 0 Å². The van der Waals surface area contributed by atoms with E-state index in [0.29, 0.717) is 6.04 Å². The number of carbonyl (C=O) groups is 1. The molecule has 0 saturated heterocycles. The van der Waals surface area contributed by atoms with Crippen molar-refractivity contribution in [2.75, 3.05) is 14.2 Å². The van der Waals surface area contributed by atoms with Crippen LogP contribution in [0.3, 0.4) is 0 Å². The maximum absolute atomic E-state index is 11.5. The summed E-state index contributed by atoms with van der Waals surface area (Å²) in [4.78, 5) is 14.1. The topological polar surface area (TPSA) is 29.5 Å². The molecular weight excluding hydrogens is 226 g/mol. The first-order valence-corrected chi connectivity index (χ1v) is 7.52. The molecule has 18 heavy (non-hydrogen) atoms. The van der Waals surface area contributed by atoms with Crippen molar-refractivity contribution in [2.24, 2.45) is 5.92 Å². The average Bonchev–Trinajstić information content (AvgIpc) is 2.47. The van der Waals surface area contributed by atoms with Crippen LogP contribution in [0.5, 0.6) is 0 Å². The third kappa shape index (κ3) is 3.25. The highest BCUT2D eigenvalue weighted by atomic mass is 16.5. The van der Waals surface area contributed by atoms with Crippen molar-refractivity contribution in [2.45, 2.75) is 69.9 Å². The van der Waals surface area contributed by atoms with Crippen molar-refractivity contribution in [3.63, 3.8) is 0 Å². The van der Waals surface area contributed by atoms with Crippen molar-refractivity contribution in [1.82, 2.24) is 4.90 Å². The molecule has 0 radical (unpaired) electrons. The van der Waals surface area contributed by atoms with E-state index in [1.165, 1.54) is 39.2 Å². The lowest BCUT2D eigenvalue weighted by Crippen LogP contribution is -2.43. The number of ether oxygens (including phenoxy) is 1. The van der Waals surface area contributed by atoms with Crippen LogP contribution in [0.4, 0.5) is 0 Å². The van der Waals surface area contributed by atoms with Crippen LogP contribution in [0.2, 0.25) is 0 Å². The summed E-state index contributed by atoms with van der Waals surface area (Å²) in [6, 6.07) is 1.48. The SMILES string of the molecule is COC(=O)C1CCC(N(C)C2CCCCC2)CC1. The van der Waals surface area contributed by atoms with Crippen LogP contribution in [0.15, 0.2) is 0 Å². The molecule has 0 aromatic heterocycles. The predicted molar refractivity (Wildman–Crippen MR) is 72.4 cm³/mol. The van der Waals surface area contributed by atoms with Gasteiger partial charge in [-0.3, -0.25) is 4.79 Å². The summed E-state index contributed by atoms with van der Waals surface area (Å²) < 4.78 is 4.85. The Balaban J connectivity index is 1.79. The van der Waals surface area contributed by atoms with Crippen molar-refractivity contribution in [3.8, 4) is 0 Å². The maximum Gasteiger partial charge on any atom is 0.308 e. The lowest BCUT2D eigenvalue weighted by molar-refractivity contribution is -0.147. The molecule has 0 aromatic carbocycles. The van der Waals surface area contributed by atoms with E-state index in [1.54, 1.807) is 0 Å². The molecule has 2 rings (SSSR count). The van der Waals surface area contributed by atoms with E-state index < -0.39 is 0 Å². The normalized spacial score (nSPS) is 30.4. The summed E-state index contributed by atoms with van der Waals surface area (Å²) in [6.07, 6.45) is 11.3. The fourth-order valence-corrected chi connectivity index (χ4v) is 3.67. The zero-order valence-corrected chi connectivity index (χ0v) is 11.9. The molecule has 3 heteroatoms. The van der Waals surface area contributed by atoms with Crippen molar-refractivity contribution < 1.29 is 9.53 Å². The number of hydrogen-bond donors (Lipinski definition) is 0. The van der Waals surface area contributed by atoms with Crippen LogP contribution in [0, 0.1) is 5.92 Å². The van der Waals surface area contributed by atoms with Crippen LogP contribution in [0.25, 0.3) is 0 Å². The summed E-state index contributed by atoms with van der Waals surface area (Å²) in [5.74, 6) is 0.153. The van der Waals surface area contributed by atoms with Gasteiger partial charge in [-0.25, -0.2) is 0 Å². The Morgan fingerprint density at radius 2 is 1.50 bits per heavy atom. The van der Waals surface area contributed by atoms with E-state index in [2.05, 4.69) is 11.9 Å². The summed E-state index contributed by atoms with van der Waals surface area (Å²) >= 11 is 0. The first-order chi connectivity index (χ1) is 8.72. The van der Waals surface area contributed by atoms with E-state index >= 15 is 0 Å². The van der Waals surface area contributed by atoms with E-state index in [9.17, 15) is 4.79 Å². The number of carbonyl (C=O) groups excluding carboxylic acids is 1. The van der Waals surface area contributed by atoms with Gasteiger partial charge in [-0.2, -0.15) is 0 Å². The fraction of sp³-hybridized carbons (Fsp3) is 0.933. The lowest BCUT2D eigenvalue weighted by atomic mass is 9.84. The quantitative estimate of drug-likeness (QED) is 0.724. The van der Waals surface area contributed by atoms with Gasteiger partial charge >= 0.3 is 5.97 Å². The molecule has 104 valence electrons. The minimum absolute atomic E-state index is 0.00577.